The van der Waals surface area contributed by atoms with Crippen molar-refractivity contribution in [1.29, 1.82) is 0 Å². The third-order valence-electron chi connectivity index (χ3n) is 4.76. The SMILES string of the molecule is CCC[CH2][Ge]([CH2]CCC)([CH2]CCC)[N]1CCCC1. The number of unbranched alkanes of at least 4 members (excludes halogenated alkanes) is 3. The second-order valence-corrected chi connectivity index (χ2v) is 15.8. The Morgan fingerprint density at radius 2 is 1.11 bits per heavy atom. The minimum absolute atomic E-state index is 1.40. The average Bonchev–Trinajstić information content (AvgIpc) is 2.93. The van der Waals surface area contributed by atoms with E-state index in [4.69, 9.17) is 0 Å². The average molecular weight is 314 g/mol. The van der Waals surface area contributed by atoms with Crippen LogP contribution in [0.2, 0.25) is 15.8 Å². The predicted octanol–water partition coefficient (Wildman–Crippen LogP) is 5.43. The van der Waals surface area contributed by atoms with Crippen molar-refractivity contribution in [3.8, 4) is 0 Å². The van der Waals surface area contributed by atoms with Crippen molar-refractivity contribution in [2.24, 2.45) is 0 Å². The van der Waals surface area contributed by atoms with Crippen molar-refractivity contribution < 1.29 is 0 Å². The Morgan fingerprint density at radius 3 is 1.44 bits per heavy atom. The molecule has 0 spiro atoms. The Morgan fingerprint density at radius 1 is 0.722 bits per heavy atom. The van der Waals surface area contributed by atoms with E-state index in [9.17, 15) is 0 Å². The van der Waals surface area contributed by atoms with Gasteiger partial charge in [-0.3, -0.25) is 0 Å². The molecule has 0 aromatic heterocycles. The van der Waals surface area contributed by atoms with E-state index in [2.05, 4.69) is 24.6 Å². The van der Waals surface area contributed by atoms with E-state index in [1.54, 1.807) is 15.8 Å². The molecule has 0 atom stereocenters. The van der Waals surface area contributed by atoms with Gasteiger partial charge in [0, 0.05) is 0 Å². The van der Waals surface area contributed by atoms with Gasteiger partial charge < -0.3 is 0 Å². The molecule has 1 saturated heterocycles. The van der Waals surface area contributed by atoms with E-state index in [-0.39, 0.29) is 0 Å². The van der Waals surface area contributed by atoms with E-state index < -0.39 is 13.5 Å². The van der Waals surface area contributed by atoms with Crippen LogP contribution < -0.4 is 0 Å². The Labute approximate surface area is 118 Å². The fraction of sp³-hybridized carbons (Fsp3) is 1.00. The van der Waals surface area contributed by atoms with Crippen LogP contribution in [0.1, 0.15) is 72.1 Å². The van der Waals surface area contributed by atoms with Crippen LogP contribution in [0, 0.1) is 0 Å². The molecule has 0 saturated carbocycles. The maximum atomic E-state index is 3.06. The van der Waals surface area contributed by atoms with Gasteiger partial charge in [0.25, 0.3) is 0 Å². The second kappa shape index (κ2) is 9.41. The van der Waals surface area contributed by atoms with Crippen LogP contribution >= 0.6 is 0 Å². The zero-order valence-corrected chi connectivity index (χ0v) is 15.2. The molecule has 0 aliphatic carbocycles. The van der Waals surface area contributed by atoms with E-state index in [0.717, 1.165) is 0 Å². The van der Waals surface area contributed by atoms with Crippen LogP contribution in [0.3, 0.4) is 0 Å². The summed E-state index contributed by atoms with van der Waals surface area (Å²) in [6, 6.07) is 0. The fourth-order valence-corrected chi connectivity index (χ4v) is 16.1. The molecule has 0 bridgehead atoms. The Bertz CT molecular complexity index is 177. The van der Waals surface area contributed by atoms with Gasteiger partial charge in [-0.05, 0) is 0 Å². The number of nitrogens with zero attached hydrogens (tertiary/aromatic N) is 1. The Hall–Kier alpha value is 0.503. The van der Waals surface area contributed by atoms with Crippen LogP contribution in [0.15, 0.2) is 0 Å². The van der Waals surface area contributed by atoms with Crippen LogP contribution in [0.4, 0.5) is 0 Å². The van der Waals surface area contributed by atoms with Gasteiger partial charge in [0.1, 0.15) is 0 Å². The normalized spacial score (nSPS) is 17.5. The monoisotopic (exact) mass is 315 g/mol. The molecule has 18 heavy (non-hydrogen) atoms. The number of hydrogen-bond donors (Lipinski definition) is 0. The first kappa shape index (κ1) is 16.6. The van der Waals surface area contributed by atoms with Gasteiger partial charge in [0.15, 0.2) is 0 Å². The first-order valence-electron chi connectivity index (χ1n) is 8.54. The van der Waals surface area contributed by atoms with Gasteiger partial charge >= 0.3 is 118 Å². The summed E-state index contributed by atoms with van der Waals surface area (Å²) in [5, 5.41) is 4.91. The van der Waals surface area contributed by atoms with Crippen molar-refractivity contribution in [1.82, 2.24) is 3.86 Å². The van der Waals surface area contributed by atoms with Gasteiger partial charge in [-0.15, -0.1) is 0 Å². The molecule has 0 N–H and O–H groups in total. The van der Waals surface area contributed by atoms with Crippen molar-refractivity contribution in [3.63, 3.8) is 0 Å². The first-order chi connectivity index (χ1) is 8.79. The zero-order valence-electron chi connectivity index (χ0n) is 13.1. The van der Waals surface area contributed by atoms with Crippen molar-refractivity contribution >= 4 is 13.5 Å². The summed E-state index contributed by atoms with van der Waals surface area (Å²) in [4.78, 5) is 0. The van der Waals surface area contributed by atoms with E-state index in [1.165, 1.54) is 64.5 Å². The van der Waals surface area contributed by atoms with E-state index in [0.29, 0.717) is 0 Å². The Kier molecular flexibility index (Phi) is 8.66. The first-order valence-corrected chi connectivity index (χ1v) is 13.9. The fourth-order valence-electron chi connectivity index (χ4n) is 3.56. The molecule has 0 unspecified atom stereocenters. The quantitative estimate of drug-likeness (QED) is 0.486. The molecule has 2 heteroatoms. The van der Waals surface area contributed by atoms with Crippen LogP contribution in [0.25, 0.3) is 0 Å². The van der Waals surface area contributed by atoms with Crippen LogP contribution in [-0.2, 0) is 0 Å². The molecule has 1 heterocycles. The second-order valence-electron chi connectivity index (χ2n) is 6.23. The molecular formula is C16H35GeN. The molecule has 1 aliphatic rings. The van der Waals surface area contributed by atoms with Crippen LogP contribution in [0.5, 0.6) is 0 Å². The van der Waals surface area contributed by atoms with Crippen molar-refractivity contribution in [2.45, 2.75) is 87.9 Å². The summed E-state index contributed by atoms with van der Waals surface area (Å²) < 4.78 is 3.06. The molecule has 1 nitrogen and oxygen atoms in total. The molecule has 0 aromatic rings. The van der Waals surface area contributed by atoms with Gasteiger partial charge in [-0.2, -0.15) is 0 Å². The molecule has 0 radical (unpaired) electrons. The van der Waals surface area contributed by atoms with Gasteiger partial charge in [0.2, 0.25) is 0 Å². The summed E-state index contributed by atoms with van der Waals surface area (Å²) in [7, 11) is 0. The molecule has 1 aliphatic heterocycles. The summed E-state index contributed by atoms with van der Waals surface area (Å²) in [5.41, 5.74) is 0. The molecule has 0 aromatic carbocycles. The van der Waals surface area contributed by atoms with Crippen LogP contribution in [-0.4, -0.2) is 30.4 Å². The molecule has 0 amide bonds. The zero-order chi connectivity index (χ0) is 13.3. The minimum atomic E-state index is -1.67. The van der Waals surface area contributed by atoms with E-state index >= 15 is 0 Å². The van der Waals surface area contributed by atoms with E-state index in [1.807, 2.05) is 0 Å². The number of rotatable bonds is 10. The summed E-state index contributed by atoms with van der Waals surface area (Å²) in [6.45, 7) is 10.0. The number of hydrogen-bond acceptors (Lipinski definition) is 1. The molecule has 1 fully saturated rings. The Balaban J connectivity index is 2.68. The third-order valence-corrected chi connectivity index (χ3v) is 16.6. The van der Waals surface area contributed by atoms with Gasteiger partial charge in [0.05, 0.1) is 0 Å². The van der Waals surface area contributed by atoms with Crippen molar-refractivity contribution in [3.05, 3.63) is 0 Å². The summed E-state index contributed by atoms with van der Waals surface area (Å²) in [5.74, 6) is 0. The summed E-state index contributed by atoms with van der Waals surface area (Å²) >= 11 is -1.67. The van der Waals surface area contributed by atoms with Crippen molar-refractivity contribution in [2.75, 3.05) is 13.1 Å². The molecule has 1 rings (SSSR count). The molecular weight excluding hydrogens is 279 g/mol. The summed E-state index contributed by atoms with van der Waals surface area (Å²) in [6.07, 6.45) is 11.7. The topological polar surface area (TPSA) is 3.24 Å². The maximum absolute atomic E-state index is 3.06. The van der Waals surface area contributed by atoms with Gasteiger partial charge in [-0.1, -0.05) is 0 Å². The van der Waals surface area contributed by atoms with Gasteiger partial charge in [-0.25, -0.2) is 0 Å². The molecule has 108 valence electrons. The predicted molar refractivity (Wildman–Crippen MR) is 85.7 cm³/mol. The third kappa shape index (κ3) is 4.88. The standard InChI is InChI=1S/C16H35GeN/c1-4-7-12-17(13-8-5-2,14-9-6-3)18-15-10-11-16-18/h4-16H2,1-3H3.